The molecule has 136 valence electrons. The SMILES string of the molecule is CN(C)C(=O)CN=C(NC1CCCC1)NC1C2CCOC2C1(C)C. The predicted octanol–water partition coefficient (Wildman–Crippen LogP) is 1.37. The highest BCUT2D eigenvalue weighted by molar-refractivity contribution is 5.85. The zero-order chi connectivity index (χ0) is 17.3. The van der Waals surface area contributed by atoms with Crippen LogP contribution in [0.2, 0.25) is 0 Å². The molecular weight excluding hydrogens is 304 g/mol. The summed E-state index contributed by atoms with van der Waals surface area (Å²) in [6.45, 7) is 5.57. The van der Waals surface area contributed by atoms with Gasteiger partial charge >= 0.3 is 0 Å². The van der Waals surface area contributed by atoms with E-state index in [2.05, 4.69) is 29.5 Å². The number of fused-ring (bicyclic) bond motifs is 1. The summed E-state index contributed by atoms with van der Waals surface area (Å²) in [5, 5.41) is 7.18. The fraction of sp³-hybridized carbons (Fsp3) is 0.889. The molecule has 0 aromatic carbocycles. The molecule has 2 N–H and O–H groups in total. The number of nitrogens with one attached hydrogen (secondary N) is 2. The first kappa shape index (κ1) is 17.5. The Kier molecular flexibility index (Phi) is 5.04. The van der Waals surface area contributed by atoms with Gasteiger partial charge in [-0.05, 0) is 19.3 Å². The minimum atomic E-state index is 0.0254. The number of hydrogen-bond acceptors (Lipinski definition) is 3. The number of ether oxygens (including phenoxy) is 1. The summed E-state index contributed by atoms with van der Waals surface area (Å²) in [6, 6.07) is 0.830. The van der Waals surface area contributed by atoms with Gasteiger partial charge in [0.2, 0.25) is 5.91 Å². The van der Waals surface area contributed by atoms with E-state index in [4.69, 9.17) is 4.74 Å². The molecule has 0 radical (unpaired) electrons. The number of hydrogen-bond donors (Lipinski definition) is 2. The van der Waals surface area contributed by atoms with Crippen LogP contribution in [-0.4, -0.2) is 62.2 Å². The lowest BCUT2D eigenvalue weighted by molar-refractivity contribution is -0.127. The molecule has 0 bridgehead atoms. The third-order valence-corrected chi connectivity index (χ3v) is 5.96. The summed E-state index contributed by atoms with van der Waals surface area (Å²) >= 11 is 0. The smallest absolute Gasteiger partial charge is 0.243 e. The van der Waals surface area contributed by atoms with E-state index in [9.17, 15) is 4.79 Å². The quantitative estimate of drug-likeness (QED) is 0.601. The van der Waals surface area contributed by atoms with E-state index in [1.807, 2.05) is 0 Å². The molecule has 3 aliphatic rings. The van der Waals surface area contributed by atoms with Gasteiger partial charge in [0.05, 0.1) is 6.10 Å². The van der Waals surface area contributed by atoms with Gasteiger partial charge < -0.3 is 20.3 Å². The minimum Gasteiger partial charge on any atom is -0.377 e. The predicted molar refractivity (Wildman–Crippen MR) is 94.9 cm³/mol. The third-order valence-electron chi connectivity index (χ3n) is 5.96. The van der Waals surface area contributed by atoms with Gasteiger partial charge in [0.15, 0.2) is 5.96 Å². The van der Waals surface area contributed by atoms with Gasteiger partial charge in [-0.15, -0.1) is 0 Å². The van der Waals surface area contributed by atoms with Crippen LogP contribution in [0.5, 0.6) is 0 Å². The van der Waals surface area contributed by atoms with E-state index in [1.54, 1.807) is 19.0 Å². The number of carbonyl (C=O) groups is 1. The Labute approximate surface area is 145 Å². The van der Waals surface area contributed by atoms with E-state index < -0.39 is 0 Å². The fourth-order valence-corrected chi connectivity index (χ4v) is 4.45. The number of aliphatic imine (C=N–C) groups is 1. The van der Waals surface area contributed by atoms with Gasteiger partial charge in [0.1, 0.15) is 6.54 Å². The Hall–Kier alpha value is -1.30. The highest BCUT2D eigenvalue weighted by atomic mass is 16.5. The van der Waals surface area contributed by atoms with Gasteiger partial charge in [-0.25, -0.2) is 4.99 Å². The van der Waals surface area contributed by atoms with E-state index in [1.165, 1.54) is 25.7 Å². The van der Waals surface area contributed by atoms with Crippen LogP contribution < -0.4 is 10.6 Å². The van der Waals surface area contributed by atoms with Crippen molar-refractivity contribution in [3.8, 4) is 0 Å². The van der Waals surface area contributed by atoms with Crippen LogP contribution in [-0.2, 0) is 9.53 Å². The third kappa shape index (κ3) is 3.39. The second-order valence-electron chi connectivity index (χ2n) is 8.27. The topological polar surface area (TPSA) is 66.0 Å². The van der Waals surface area contributed by atoms with Gasteiger partial charge in [-0.3, -0.25) is 4.79 Å². The van der Waals surface area contributed by atoms with Crippen molar-refractivity contribution < 1.29 is 9.53 Å². The largest absolute Gasteiger partial charge is 0.377 e. The Bertz CT molecular complexity index is 497. The molecule has 0 aromatic rings. The number of carbonyl (C=O) groups excluding carboxylic acids is 1. The molecule has 3 atom stereocenters. The maximum Gasteiger partial charge on any atom is 0.243 e. The molecule has 3 rings (SSSR count). The summed E-state index contributed by atoms with van der Waals surface area (Å²) < 4.78 is 5.88. The summed E-state index contributed by atoms with van der Waals surface area (Å²) in [6.07, 6.45) is 6.38. The standard InChI is InChI=1S/C18H32N4O2/c1-18(2)15(13-9-10-24-16(13)18)21-17(19-11-14(23)22(3)4)20-12-7-5-6-8-12/h12-13,15-16H,5-11H2,1-4H3,(H2,19,20,21). The zero-order valence-corrected chi connectivity index (χ0v) is 15.5. The summed E-state index contributed by atoms with van der Waals surface area (Å²) in [5.41, 5.74) is 0.102. The van der Waals surface area contributed by atoms with Crippen LogP contribution in [0, 0.1) is 11.3 Å². The first-order chi connectivity index (χ1) is 11.4. The lowest BCUT2D eigenvalue weighted by Gasteiger charge is -2.55. The summed E-state index contributed by atoms with van der Waals surface area (Å²) in [5.74, 6) is 1.37. The Morgan fingerprint density at radius 1 is 1.21 bits per heavy atom. The van der Waals surface area contributed by atoms with Crippen LogP contribution >= 0.6 is 0 Å². The molecule has 1 amide bonds. The summed E-state index contributed by atoms with van der Waals surface area (Å²) in [4.78, 5) is 18.1. The van der Waals surface area contributed by atoms with E-state index in [-0.39, 0.29) is 17.9 Å². The van der Waals surface area contributed by atoms with Gasteiger partial charge in [0, 0.05) is 44.1 Å². The molecule has 1 heterocycles. The molecule has 0 aromatic heterocycles. The maximum absolute atomic E-state index is 11.9. The number of amides is 1. The number of guanidine groups is 1. The molecule has 3 fully saturated rings. The molecule has 2 saturated carbocycles. The van der Waals surface area contributed by atoms with Crippen molar-refractivity contribution in [3.63, 3.8) is 0 Å². The van der Waals surface area contributed by atoms with Gasteiger partial charge in [-0.1, -0.05) is 26.7 Å². The Morgan fingerprint density at radius 2 is 1.92 bits per heavy atom. The molecule has 2 aliphatic carbocycles. The Balaban J connectivity index is 1.67. The lowest BCUT2D eigenvalue weighted by Crippen LogP contribution is -2.68. The highest BCUT2D eigenvalue weighted by Gasteiger charge is 2.59. The normalized spacial score (nSPS) is 32.2. The van der Waals surface area contributed by atoms with Crippen molar-refractivity contribution in [1.29, 1.82) is 0 Å². The first-order valence-corrected chi connectivity index (χ1v) is 9.29. The fourth-order valence-electron chi connectivity index (χ4n) is 4.45. The Morgan fingerprint density at radius 3 is 2.58 bits per heavy atom. The first-order valence-electron chi connectivity index (χ1n) is 9.29. The average Bonchev–Trinajstić information content (AvgIpc) is 3.19. The molecule has 6 nitrogen and oxygen atoms in total. The number of nitrogens with zero attached hydrogens (tertiary/aromatic N) is 2. The molecule has 3 unspecified atom stereocenters. The molecular formula is C18H32N4O2. The number of likely N-dealkylation sites (N-methyl/N-ethyl adjacent to an activating group) is 1. The van der Waals surface area contributed by atoms with Crippen LogP contribution in [0.15, 0.2) is 4.99 Å². The van der Waals surface area contributed by atoms with Crippen molar-refractivity contribution in [2.24, 2.45) is 16.3 Å². The zero-order valence-electron chi connectivity index (χ0n) is 15.5. The average molecular weight is 336 g/mol. The second kappa shape index (κ2) is 6.90. The summed E-state index contributed by atoms with van der Waals surface area (Å²) in [7, 11) is 3.54. The highest BCUT2D eigenvalue weighted by Crippen LogP contribution is 2.52. The van der Waals surface area contributed by atoms with Crippen LogP contribution in [0.4, 0.5) is 0 Å². The van der Waals surface area contributed by atoms with Crippen LogP contribution in [0.1, 0.15) is 46.0 Å². The molecule has 6 heteroatoms. The second-order valence-corrected chi connectivity index (χ2v) is 8.27. The van der Waals surface area contributed by atoms with E-state index >= 15 is 0 Å². The van der Waals surface area contributed by atoms with Gasteiger partial charge in [-0.2, -0.15) is 0 Å². The van der Waals surface area contributed by atoms with Crippen molar-refractivity contribution >= 4 is 11.9 Å². The van der Waals surface area contributed by atoms with E-state index in [0.29, 0.717) is 24.1 Å². The van der Waals surface area contributed by atoms with Gasteiger partial charge in [0.25, 0.3) is 0 Å². The monoisotopic (exact) mass is 336 g/mol. The van der Waals surface area contributed by atoms with Crippen molar-refractivity contribution in [3.05, 3.63) is 0 Å². The van der Waals surface area contributed by atoms with Crippen molar-refractivity contribution in [1.82, 2.24) is 15.5 Å². The molecule has 0 spiro atoms. The minimum absolute atomic E-state index is 0.0254. The molecule has 1 saturated heterocycles. The van der Waals surface area contributed by atoms with Crippen LogP contribution in [0.3, 0.4) is 0 Å². The lowest BCUT2D eigenvalue weighted by atomic mass is 9.57. The molecule has 1 aliphatic heterocycles. The van der Waals surface area contributed by atoms with Crippen LogP contribution in [0.25, 0.3) is 0 Å². The molecule has 24 heavy (non-hydrogen) atoms. The van der Waals surface area contributed by atoms with Crippen molar-refractivity contribution in [2.75, 3.05) is 27.2 Å². The number of rotatable bonds is 4. The maximum atomic E-state index is 11.9. The van der Waals surface area contributed by atoms with Crippen molar-refractivity contribution in [2.45, 2.75) is 64.1 Å². The van der Waals surface area contributed by atoms with E-state index in [0.717, 1.165) is 19.0 Å².